The van der Waals surface area contributed by atoms with Gasteiger partial charge in [-0.15, -0.1) is 0 Å². The highest BCUT2D eigenvalue weighted by molar-refractivity contribution is 5.77. The van der Waals surface area contributed by atoms with Crippen LogP contribution >= 0.6 is 0 Å². The summed E-state index contributed by atoms with van der Waals surface area (Å²) in [6.07, 6.45) is 2.58. The third kappa shape index (κ3) is 1.35. The van der Waals surface area contributed by atoms with Crippen LogP contribution in [0.25, 0.3) is 11.0 Å². The minimum atomic E-state index is 0.602. The number of aryl methyl sites for hydroxylation is 1. The minimum Gasteiger partial charge on any atom is -0.326 e. The van der Waals surface area contributed by atoms with Crippen LogP contribution in [0.3, 0.4) is 0 Å². The number of aromatic nitrogens is 2. The molecule has 0 aliphatic heterocycles. The first-order valence-corrected chi connectivity index (χ1v) is 5.47. The van der Waals surface area contributed by atoms with Gasteiger partial charge >= 0.3 is 0 Å². The van der Waals surface area contributed by atoms with Crippen LogP contribution in [-0.2, 0) is 6.54 Å². The molecule has 1 heterocycles. The van der Waals surface area contributed by atoms with Crippen molar-refractivity contribution in [3.8, 4) is 0 Å². The lowest BCUT2D eigenvalue weighted by Crippen LogP contribution is -1.99. The molecule has 3 rings (SSSR count). The van der Waals surface area contributed by atoms with Gasteiger partial charge < -0.3 is 10.3 Å². The van der Waals surface area contributed by atoms with Crippen molar-refractivity contribution in [3.63, 3.8) is 0 Å². The van der Waals surface area contributed by atoms with Crippen molar-refractivity contribution < 1.29 is 0 Å². The number of rotatable bonds is 2. The molecule has 0 saturated heterocycles. The standard InChI is InChI=1S/C12H15N3/c1-8-14-11-5-2-9(7-13)6-12(11)15(8)10-3-4-10/h2,5-6,10H,3-4,7,13H2,1H3. The molecule has 0 spiro atoms. The van der Waals surface area contributed by atoms with Crippen molar-refractivity contribution in [1.29, 1.82) is 0 Å². The van der Waals surface area contributed by atoms with E-state index in [0.717, 1.165) is 11.3 Å². The molecule has 1 aromatic heterocycles. The highest BCUT2D eigenvalue weighted by Gasteiger charge is 2.26. The molecule has 0 amide bonds. The summed E-state index contributed by atoms with van der Waals surface area (Å²) in [5.74, 6) is 1.13. The zero-order valence-corrected chi connectivity index (χ0v) is 8.90. The summed E-state index contributed by atoms with van der Waals surface area (Å²) in [5.41, 5.74) is 9.19. The predicted molar refractivity (Wildman–Crippen MR) is 60.6 cm³/mol. The molecule has 1 fully saturated rings. The van der Waals surface area contributed by atoms with Crippen LogP contribution in [0.4, 0.5) is 0 Å². The van der Waals surface area contributed by atoms with Gasteiger partial charge in [0.25, 0.3) is 0 Å². The Hall–Kier alpha value is -1.35. The van der Waals surface area contributed by atoms with Crippen molar-refractivity contribution in [1.82, 2.24) is 9.55 Å². The summed E-state index contributed by atoms with van der Waals surface area (Å²) in [4.78, 5) is 4.57. The molecule has 78 valence electrons. The third-order valence-corrected chi connectivity index (χ3v) is 3.08. The molecule has 0 radical (unpaired) electrons. The molecule has 15 heavy (non-hydrogen) atoms. The van der Waals surface area contributed by atoms with E-state index in [-0.39, 0.29) is 0 Å². The highest BCUT2D eigenvalue weighted by atomic mass is 15.1. The molecule has 1 aromatic carbocycles. The van der Waals surface area contributed by atoms with E-state index in [4.69, 9.17) is 5.73 Å². The van der Waals surface area contributed by atoms with Gasteiger partial charge in [0.2, 0.25) is 0 Å². The molecule has 3 heteroatoms. The second-order valence-corrected chi connectivity index (χ2v) is 4.29. The second-order valence-electron chi connectivity index (χ2n) is 4.29. The summed E-state index contributed by atoms with van der Waals surface area (Å²) in [7, 11) is 0. The molecule has 0 bridgehead atoms. The van der Waals surface area contributed by atoms with Gasteiger partial charge in [-0.2, -0.15) is 0 Å². The molecule has 0 atom stereocenters. The molecule has 2 aromatic rings. The Kier molecular flexibility index (Phi) is 1.83. The number of nitrogens with two attached hydrogens (primary N) is 1. The Bertz CT molecular complexity index is 509. The zero-order chi connectivity index (χ0) is 10.4. The van der Waals surface area contributed by atoms with E-state index in [1.54, 1.807) is 0 Å². The van der Waals surface area contributed by atoms with Gasteiger partial charge in [0.1, 0.15) is 5.82 Å². The van der Waals surface area contributed by atoms with E-state index in [1.165, 1.54) is 23.9 Å². The molecular weight excluding hydrogens is 186 g/mol. The Morgan fingerprint density at radius 2 is 2.27 bits per heavy atom. The minimum absolute atomic E-state index is 0.602. The van der Waals surface area contributed by atoms with Crippen molar-refractivity contribution in [3.05, 3.63) is 29.6 Å². The molecule has 1 aliphatic rings. The molecule has 0 unspecified atom stereocenters. The van der Waals surface area contributed by atoms with Crippen LogP contribution in [0.1, 0.15) is 30.3 Å². The summed E-state index contributed by atoms with van der Waals surface area (Å²) in [6, 6.07) is 6.99. The van der Waals surface area contributed by atoms with E-state index in [1.807, 2.05) is 0 Å². The number of hydrogen-bond acceptors (Lipinski definition) is 2. The van der Waals surface area contributed by atoms with Crippen LogP contribution in [0.5, 0.6) is 0 Å². The average molecular weight is 201 g/mol. The SMILES string of the molecule is Cc1nc2ccc(CN)cc2n1C1CC1. The van der Waals surface area contributed by atoms with Gasteiger partial charge in [0.15, 0.2) is 0 Å². The number of imidazole rings is 1. The fourth-order valence-corrected chi connectivity index (χ4v) is 2.18. The number of nitrogens with zero attached hydrogens (tertiary/aromatic N) is 2. The maximum absolute atomic E-state index is 5.66. The monoisotopic (exact) mass is 201 g/mol. The van der Waals surface area contributed by atoms with Gasteiger partial charge in [-0.05, 0) is 37.5 Å². The van der Waals surface area contributed by atoms with Crippen molar-refractivity contribution in [2.24, 2.45) is 5.73 Å². The molecule has 3 nitrogen and oxygen atoms in total. The highest BCUT2D eigenvalue weighted by Crippen LogP contribution is 2.38. The summed E-state index contributed by atoms with van der Waals surface area (Å²) >= 11 is 0. The summed E-state index contributed by atoms with van der Waals surface area (Å²) < 4.78 is 2.36. The first-order chi connectivity index (χ1) is 7.29. The second kappa shape index (κ2) is 3.07. The number of benzene rings is 1. The van der Waals surface area contributed by atoms with E-state index >= 15 is 0 Å². The average Bonchev–Trinajstić information content (AvgIpc) is 3.00. The van der Waals surface area contributed by atoms with Crippen LogP contribution in [0.15, 0.2) is 18.2 Å². The lowest BCUT2D eigenvalue weighted by molar-refractivity contribution is 0.733. The lowest BCUT2D eigenvalue weighted by atomic mass is 10.2. The largest absolute Gasteiger partial charge is 0.326 e. The third-order valence-electron chi connectivity index (χ3n) is 3.08. The van der Waals surface area contributed by atoms with Gasteiger partial charge in [-0.1, -0.05) is 6.07 Å². The Morgan fingerprint density at radius 1 is 1.47 bits per heavy atom. The van der Waals surface area contributed by atoms with E-state index in [2.05, 4.69) is 34.7 Å². The molecular formula is C12H15N3. The Balaban J connectivity index is 2.26. The van der Waals surface area contributed by atoms with Crippen LogP contribution < -0.4 is 5.73 Å². The maximum atomic E-state index is 5.66. The molecule has 2 N–H and O–H groups in total. The predicted octanol–water partition coefficient (Wildman–Crippen LogP) is 2.14. The zero-order valence-electron chi connectivity index (χ0n) is 8.90. The van der Waals surface area contributed by atoms with Crippen LogP contribution in [0, 0.1) is 6.92 Å². The Morgan fingerprint density at radius 3 is 2.93 bits per heavy atom. The van der Waals surface area contributed by atoms with Crippen molar-refractivity contribution in [2.45, 2.75) is 32.4 Å². The van der Waals surface area contributed by atoms with Crippen molar-refractivity contribution >= 4 is 11.0 Å². The lowest BCUT2D eigenvalue weighted by Gasteiger charge is -2.04. The van der Waals surface area contributed by atoms with E-state index < -0.39 is 0 Å². The van der Waals surface area contributed by atoms with Crippen molar-refractivity contribution in [2.75, 3.05) is 0 Å². The van der Waals surface area contributed by atoms with E-state index in [9.17, 15) is 0 Å². The summed E-state index contributed by atoms with van der Waals surface area (Å²) in [6.45, 7) is 2.69. The van der Waals surface area contributed by atoms with Crippen LogP contribution in [0.2, 0.25) is 0 Å². The molecule has 1 saturated carbocycles. The fraction of sp³-hybridized carbons (Fsp3) is 0.417. The topological polar surface area (TPSA) is 43.8 Å². The van der Waals surface area contributed by atoms with Gasteiger partial charge in [0, 0.05) is 12.6 Å². The first kappa shape index (κ1) is 8.92. The summed E-state index contributed by atoms with van der Waals surface area (Å²) in [5, 5.41) is 0. The van der Waals surface area contributed by atoms with Crippen LogP contribution in [-0.4, -0.2) is 9.55 Å². The first-order valence-electron chi connectivity index (χ1n) is 5.47. The number of hydrogen-bond donors (Lipinski definition) is 1. The van der Waals surface area contributed by atoms with E-state index in [0.29, 0.717) is 12.6 Å². The quantitative estimate of drug-likeness (QED) is 0.809. The Labute approximate surface area is 88.9 Å². The van der Waals surface area contributed by atoms with Gasteiger partial charge in [-0.25, -0.2) is 4.98 Å². The fourth-order valence-electron chi connectivity index (χ4n) is 2.18. The normalized spacial score (nSPS) is 16.1. The van der Waals surface area contributed by atoms with Gasteiger partial charge in [0.05, 0.1) is 11.0 Å². The number of fused-ring (bicyclic) bond motifs is 1. The molecule has 1 aliphatic carbocycles. The maximum Gasteiger partial charge on any atom is 0.106 e. The van der Waals surface area contributed by atoms with Gasteiger partial charge in [-0.3, -0.25) is 0 Å². The smallest absolute Gasteiger partial charge is 0.106 e.